The molecule has 11 heteroatoms. The van der Waals surface area contributed by atoms with Gasteiger partial charge >= 0.3 is 6.01 Å². The highest BCUT2D eigenvalue weighted by Crippen LogP contribution is 2.36. The molecule has 0 spiro atoms. The van der Waals surface area contributed by atoms with Crippen molar-refractivity contribution >= 4 is 33.4 Å². The minimum absolute atomic E-state index is 0.0674. The van der Waals surface area contributed by atoms with Gasteiger partial charge in [-0.15, -0.1) is 0 Å². The summed E-state index contributed by atoms with van der Waals surface area (Å²) in [6.45, 7) is 3.59. The van der Waals surface area contributed by atoms with Crippen molar-refractivity contribution in [3.63, 3.8) is 0 Å². The van der Waals surface area contributed by atoms with Crippen molar-refractivity contribution in [2.45, 2.75) is 12.5 Å². The maximum absolute atomic E-state index is 16.0. The number of methoxy groups -OCH3 is 1. The van der Waals surface area contributed by atoms with Crippen LogP contribution in [0, 0.1) is 17.5 Å². The first-order valence-electron chi connectivity index (χ1n) is 11.3. The molecule has 1 atom stereocenters. The average Bonchev–Trinajstić information content (AvgIpc) is 3.39. The third-order valence-electron chi connectivity index (χ3n) is 6.58. The van der Waals surface area contributed by atoms with Gasteiger partial charge in [0, 0.05) is 43.3 Å². The van der Waals surface area contributed by atoms with E-state index in [1.807, 2.05) is 0 Å². The minimum Gasteiger partial charge on any atom is -0.467 e. The molecule has 2 aromatic carbocycles. The van der Waals surface area contributed by atoms with Crippen LogP contribution in [0.25, 0.3) is 32.9 Å². The van der Waals surface area contributed by atoms with E-state index in [0.717, 1.165) is 6.07 Å². The normalized spacial score (nSPS) is 15.4. The number of halogens is 4. The summed E-state index contributed by atoms with van der Waals surface area (Å²) < 4.78 is 63.3. The molecule has 0 saturated carbocycles. The summed E-state index contributed by atoms with van der Waals surface area (Å²) in [5.41, 5.74) is -0.274. The Kier molecular flexibility index (Phi) is 6.14. The lowest BCUT2D eigenvalue weighted by atomic mass is 10.00. The second-order valence-corrected chi connectivity index (χ2v) is 8.69. The van der Waals surface area contributed by atoms with Gasteiger partial charge < -0.3 is 14.5 Å². The zero-order valence-electron chi connectivity index (χ0n) is 19.9. The molecule has 37 heavy (non-hydrogen) atoms. The Labute approximate surface area is 209 Å². The highest BCUT2D eigenvalue weighted by atomic mass is 19.2. The number of likely N-dealkylation sites (N-methyl/N-ethyl adjacent to an activating group) is 1. The van der Waals surface area contributed by atoms with Gasteiger partial charge in [-0.3, -0.25) is 9.78 Å². The van der Waals surface area contributed by atoms with Crippen LogP contribution in [0.4, 0.5) is 23.4 Å². The summed E-state index contributed by atoms with van der Waals surface area (Å²) in [4.78, 5) is 27.9. The van der Waals surface area contributed by atoms with Crippen molar-refractivity contribution in [2.75, 3.05) is 32.1 Å². The van der Waals surface area contributed by atoms with Crippen LogP contribution in [-0.2, 0) is 4.79 Å². The summed E-state index contributed by atoms with van der Waals surface area (Å²) in [6, 6.07) is 6.67. The molecule has 0 N–H and O–H groups in total. The number of carbonyl (C=O) groups excluding carboxylic acids is 1. The number of fused-ring (bicyclic) bond motifs is 2. The fraction of sp³-hybridized carbons (Fsp3) is 0.231. The van der Waals surface area contributed by atoms with Crippen molar-refractivity contribution in [3.8, 4) is 17.3 Å². The molecule has 2 aromatic heterocycles. The van der Waals surface area contributed by atoms with Gasteiger partial charge in [0.15, 0.2) is 23.3 Å². The molecule has 7 nitrogen and oxygen atoms in total. The van der Waals surface area contributed by atoms with Crippen molar-refractivity contribution in [3.05, 3.63) is 66.4 Å². The Morgan fingerprint density at radius 2 is 1.95 bits per heavy atom. The fourth-order valence-electron chi connectivity index (χ4n) is 4.66. The van der Waals surface area contributed by atoms with E-state index in [1.165, 1.54) is 30.3 Å². The standard InChI is InChI=1S/C26H21F4N5O2/c1-13(27)25(36)35-10-9-15(12-35)34(2)24-17-11-31-22(21(30)23(17)32-26(33-24)37-3)16-6-4-5-14-7-8-18(28)20(29)19(14)16/h4-8,11,15H,1,9-10,12H2,2-3H3. The molecule has 3 heterocycles. The zero-order chi connectivity index (χ0) is 26.4. The third kappa shape index (κ3) is 4.09. The van der Waals surface area contributed by atoms with Crippen LogP contribution in [0.1, 0.15) is 6.42 Å². The number of likely N-dealkylation sites (tertiary alicyclic amines) is 1. The average molecular weight is 511 g/mol. The van der Waals surface area contributed by atoms with Crippen LogP contribution < -0.4 is 9.64 Å². The molecule has 1 amide bonds. The number of hydrogen-bond donors (Lipinski definition) is 0. The number of carbonyl (C=O) groups is 1. The molecule has 1 fully saturated rings. The summed E-state index contributed by atoms with van der Waals surface area (Å²) in [5, 5.41) is 0.530. The van der Waals surface area contributed by atoms with Gasteiger partial charge in [0.1, 0.15) is 17.0 Å². The maximum Gasteiger partial charge on any atom is 0.318 e. The molecule has 4 aromatic rings. The zero-order valence-corrected chi connectivity index (χ0v) is 19.9. The molecule has 0 aliphatic carbocycles. The molecule has 1 aliphatic rings. The Balaban J connectivity index is 1.63. The lowest BCUT2D eigenvalue weighted by molar-refractivity contribution is -0.127. The van der Waals surface area contributed by atoms with Crippen LogP contribution in [0.15, 0.2) is 48.9 Å². The Morgan fingerprint density at radius 1 is 1.16 bits per heavy atom. The topological polar surface area (TPSA) is 71.5 Å². The lowest BCUT2D eigenvalue weighted by Crippen LogP contribution is -2.37. The van der Waals surface area contributed by atoms with Crippen LogP contribution in [0.3, 0.4) is 0 Å². The first-order valence-corrected chi connectivity index (χ1v) is 11.3. The first kappa shape index (κ1) is 24.4. The van der Waals surface area contributed by atoms with Gasteiger partial charge in [-0.05, 0) is 17.9 Å². The van der Waals surface area contributed by atoms with Crippen molar-refractivity contribution in [1.29, 1.82) is 0 Å². The molecule has 0 radical (unpaired) electrons. The summed E-state index contributed by atoms with van der Waals surface area (Å²) in [6.07, 6.45) is 1.87. The first-order chi connectivity index (χ1) is 17.7. The lowest BCUT2D eigenvalue weighted by Gasteiger charge is -2.27. The van der Waals surface area contributed by atoms with Crippen molar-refractivity contribution < 1.29 is 27.1 Å². The van der Waals surface area contributed by atoms with Crippen LogP contribution in [0.2, 0.25) is 0 Å². The van der Waals surface area contributed by atoms with Gasteiger partial charge in [0.05, 0.1) is 12.5 Å². The molecular weight excluding hydrogens is 490 g/mol. The number of anilines is 1. The van der Waals surface area contributed by atoms with E-state index in [1.54, 1.807) is 24.1 Å². The quantitative estimate of drug-likeness (QED) is 0.284. The highest BCUT2D eigenvalue weighted by Gasteiger charge is 2.32. The number of pyridine rings is 1. The third-order valence-corrected chi connectivity index (χ3v) is 6.58. The van der Waals surface area contributed by atoms with E-state index >= 15 is 4.39 Å². The van der Waals surface area contributed by atoms with Crippen LogP contribution >= 0.6 is 0 Å². The number of nitrogens with zero attached hydrogens (tertiary/aromatic N) is 5. The number of aromatic nitrogens is 3. The number of rotatable bonds is 5. The predicted molar refractivity (Wildman–Crippen MR) is 130 cm³/mol. The molecular formula is C26H21F4N5O2. The number of hydrogen-bond acceptors (Lipinski definition) is 6. The molecule has 1 unspecified atom stereocenters. The fourth-order valence-corrected chi connectivity index (χ4v) is 4.66. The number of benzene rings is 2. The molecule has 5 rings (SSSR count). The van der Waals surface area contributed by atoms with Crippen molar-refractivity contribution in [2.24, 2.45) is 0 Å². The molecule has 1 aliphatic heterocycles. The molecule has 0 bridgehead atoms. The van der Waals surface area contributed by atoms with E-state index < -0.39 is 29.2 Å². The van der Waals surface area contributed by atoms with E-state index in [9.17, 15) is 18.0 Å². The second kappa shape index (κ2) is 9.30. The summed E-state index contributed by atoms with van der Waals surface area (Å²) >= 11 is 0. The Morgan fingerprint density at radius 3 is 2.68 bits per heavy atom. The van der Waals surface area contributed by atoms with Crippen molar-refractivity contribution in [1.82, 2.24) is 19.9 Å². The van der Waals surface area contributed by atoms with E-state index in [-0.39, 0.29) is 52.0 Å². The number of ether oxygens (including phenoxy) is 1. The van der Waals surface area contributed by atoms with Gasteiger partial charge in [-0.2, -0.15) is 9.97 Å². The monoisotopic (exact) mass is 511 g/mol. The van der Waals surface area contributed by atoms with Crippen LogP contribution in [-0.4, -0.2) is 59.0 Å². The van der Waals surface area contributed by atoms with Crippen LogP contribution in [0.5, 0.6) is 6.01 Å². The Bertz CT molecular complexity index is 1580. The maximum atomic E-state index is 16.0. The highest BCUT2D eigenvalue weighted by molar-refractivity contribution is 5.99. The minimum atomic E-state index is -1.11. The smallest absolute Gasteiger partial charge is 0.318 e. The van der Waals surface area contributed by atoms with Gasteiger partial charge in [0.25, 0.3) is 5.91 Å². The van der Waals surface area contributed by atoms with Gasteiger partial charge in [-0.25, -0.2) is 17.6 Å². The Hall–Kier alpha value is -4.28. The largest absolute Gasteiger partial charge is 0.467 e. The van der Waals surface area contributed by atoms with E-state index in [4.69, 9.17) is 4.74 Å². The van der Waals surface area contributed by atoms with Gasteiger partial charge in [0.2, 0.25) is 0 Å². The van der Waals surface area contributed by atoms with E-state index in [0.29, 0.717) is 18.4 Å². The predicted octanol–water partition coefficient (Wildman–Crippen LogP) is 4.79. The summed E-state index contributed by atoms with van der Waals surface area (Å²) in [5.74, 6) is -4.56. The van der Waals surface area contributed by atoms with Gasteiger partial charge in [-0.1, -0.05) is 30.8 Å². The van der Waals surface area contributed by atoms with E-state index in [2.05, 4.69) is 21.5 Å². The molecule has 1 saturated heterocycles. The SMILES string of the molecule is C=C(F)C(=O)N1CCC(N(C)c2nc(OC)nc3c(F)c(-c4cccc5ccc(F)c(F)c45)ncc23)C1. The molecule has 190 valence electrons. The summed E-state index contributed by atoms with van der Waals surface area (Å²) in [7, 11) is 3.04. The number of amides is 1. The second-order valence-electron chi connectivity index (χ2n) is 8.69.